The van der Waals surface area contributed by atoms with E-state index in [4.69, 9.17) is 0 Å². The summed E-state index contributed by atoms with van der Waals surface area (Å²) in [5.74, 6) is 0.356. The van der Waals surface area contributed by atoms with Crippen molar-refractivity contribution >= 4 is 11.7 Å². The molecule has 1 saturated heterocycles. The third-order valence-electron chi connectivity index (χ3n) is 3.29. The van der Waals surface area contributed by atoms with Crippen molar-refractivity contribution in [2.45, 2.75) is 31.7 Å². The number of rotatable bonds is 0. The number of hydrogen-bond acceptors (Lipinski definition) is 3. The van der Waals surface area contributed by atoms with Gasteiger partial charge in [0.1, 0.15) is 0 Å². The number of Topliss-reactive ketones (excluding diaryl/α,β-unsaturated/α-hetero) is 1. The molecule has 4 nitrogen and oxygen atoms in total. The molecule has 78 valence electrons. The summed E-state index contributed by atoms with van der Waals surface area (Å²) in [5.41, 5.74) is -0.399. The van der Waals surface area contributed by atoms with Crippen molar-refractivity contribution < 1.29 is 9.59 Å². The summed E-state index contributed by atoms with van der Waals surface area (Å²) in [5, 5.41) is 3.29. The molecule has 4 heteroatoms. The third kappa shape index (κ3) is 1.43. The molecule has 14 heavy (non-hydrogen) atoms. The molecule has 1 spiro atoms. The van der Waals surface area contributed by atoms with Gasteiger partial charge in [0.05, 0.1) is 5.54 Å². The van der Waals surface area contributed by atoms with Gasteiger partial charge in [-0.1, -0.05) is 0 Å². The van der Waals surface area contributed by atoms with E-state index in [-0.39, 0.29) is 11.7 Å². The molecule has 1 atom stereocenters. The van der Waals surface area contributed by atoms with Gasteiger partial charge in [0, 0.05) is 33.0 Å². The van der Waals surface area contributed by atoms with Gasteiger partial charge in [0.25, 0.3) is 0 Å². The Bertz CT molecular complexity index is 277. The lowest BCUT2D eigenvalue weighted by atomic mass is 9.93. The van der Waals surface area contributed by atoms with Crippen LogP contribution >= 0.6 is 0 Å². The predicted molar refractivity (Wildman–Crippen MR) is 51.8 cm³/mol. The number of piperazine rings is 1. The van der Waals surface area contributed by atoms with Crippen LogP contribution in [0.5, 0.6) is 0 Å². The first-order valence-corrected chi connectivity index (χ1v) is 5.18. The molecule has 1 N–H and O–H groups in total. The summed E-state index contributed by atoms with van der Waals surface area (Å²) >= 11 is 0. The van der Waals surface area contributed by atoms with Crippen LogP contribution < -0.4 is 5.32 Å². The highest BCUT2D eigenvalue weighted by molar-refractivity contribution is 5.91. The number of nitrogens with one attached hydrogen (secondary N) is 1. The van der Waals surface area contributed by atoms with Gasteiger partial charge in [-0.05, 0) is 12.8 Å². The largest absolute Gasteiger partial charge is 0.339 e. The quantitative estimate of drug-likeness (QED) is 0.590. The van der Waals surface area contributed by atoms with Crippen molar-refractivity contribution in [3.63, 3.8) is 0 Å². The summed E-state index contributed by atoms with van der Waals surface area (Å²) in [6.45, 7) is 3.61. The van der Waals surface area contributed by atoms with Crippen molar-refractivity contribution in [3.8, 4) is 0 Å². The van der Waals surface area contributed by atoms with Gasteiger partial charge in [-0.3, -0.25) is 9.59 Å². The Hall–Kier alpha value is -0.900. The average molecular weight is 196 g/mol. The van der Waals surface area contributed by atoms with Gasteiger partial charge in [-0.25, -0.2) is 0 Å². The first-order chi connectivity index (χ1) is 6.64. The van der Waals surface area contributed by atoms with Crippen LogP contribution in [0.15, 0.2) is 0 Å². The summed E-state index contributed by atoms with van der Waals surface area (Å²) < 4.78 is 0. The number of amides is 1. The molecule has 1 unspecified atom stereocenters. The Labute approximate surface area is 83.6 Å². The highest BCUT2D eigenvalue weighted by atomic mass is 16.2. The molecule has 2 fully saturated rings. The average Bonchev–Trinajstić information content (AvgIpc) is 2.48. The molecule has 1 aliphatic carbocycles. The van der Waals surface area contributed by atoms with Gasteiger partial charge in [-0.2, -0.15) is 0 Å². The third-order valence-corrected chi connectivity index (χ3v) is 3.29. The highest BCUT2D eigenvalue weighted by Crippen LogP contribution is 2.28. The smallest absolute Gasteiger partial charge is 0.219 e. The Morgan fingerprint density at radius 3 is 2.93 bits per heavy atom. The maximum Gasteiger partial charge on any atom is 0.219 e. The molecule has 2 rings (SSSR count). The second-order valence-corrected chi connectivity index (χ2v) is 4.23. The van der Waals surface area contributed by atoms with Crippen LogP contribution in [-0.2, 0) is 9.59 Å². The zero-order chi connectivity index (χ0) is 10.2. The second-order valence-electron chi connectivity index (χ2n) is 4.23. The van der Waals surface area contributed by atoms with Crippen molar-refractivity contribution in [2.24, 2.45) is 0 Å². The Morgan fingerprint density at radius 2 is 2.36 bits per heavy atom. The molecule has 0 aromatic carbocycles. The normalized spacial score (nSPS) is 32.6. The zero-order valence-electron chi connectivity index (χ0n) is 8.51. The van der Waals surface area contributed by atoms with Crippen LogP contribution in [0, 0.1) is 0 Å². The molecule has 1 saturated carbocycles. The van der Waals surface area contributed by atoms with Gasteiger partial charge in [-0.15, -0.1) is 0 Å². The van der Waals surface area contributed by atoms with Crippen LogP contribution in [0.3, 0.4) is 0 Å². The lowest BCUT2D eigenvalue weighted by molar-refractivity contribution is -0.133. The number of ketones is 1. The fourth-order valence-electron chi connectivity index (χ4n) is 2.44. The maximum absolute atomic E-state index is 11.7. The van der Waals surface area contributed by atoms with Gasteiger partial charge >= 0.3 is 0 Å². The molecular formula is C10H16N2O2. The topological polar surface area (TPSA) is 49.4 Å². The van der Waals surface area contributed by atoms with E-state index >= 15 is 0 Å². The van der Waals surface area contributed by atoms with Crippen LogP contribution in [-0.4, -0.2) is 41.8 Å². The molecule has 1 aliphatic heterocycles. The summed E-state index contributed by atoms with van der Waals surface area (Å²) in [4.78, 5) is 24.7. The number of hydrogen-bond donors (Lipinski definition) is 1. The van der Waals surface area contributed by atoms with E-state index in [1.807, 2.05) is 0 Å². The van der Waals surface area contributed by atoms with Gasteiger partial charge in [0.2, 0.25) is 5.91 Å². The number of carbonyl (C=O) groups excluding carboxylic acids is 2. The summed E-state index contributed by atoms with van der Waals surface area (Å²) in [6, 6.07) is 0. The fourth-order valence-corrected chi connectivity index (χ4v) is 2.44. The van der Waals surface area contributed by atoms with E-state index in [2.05, 4.69) is 5.32 Å². The molecule has 0 aromatic heterocycles. The first-order valence-electron chi connectivity index (χ1n) is 5.18. The molecule has 2 aliphatic rings. The van der Waals surface area contributed by atoms with Crippen molar-refractivity contribution in [1.82, 2.24) is 10.2 Å². The standard InChI is InChI=1S/C10H16N2O2/c1-8(13)12-6-5-11-10(7-12)4-2-3-9(10)14/h11H,2-7H2,1H3. The van der Waals surface area contributed by atoms with Crippen molar-refractivity contribution in [2.75, 3.05) is 19.6 Å². The SMILES string of the molecule is CC(=O)N1CCNC2(CCCC2=O)C1. The molecular weight excluding hydrogens is 180 g/mol. The lowest BCUT2D eigenvalue weighted by Gasteiger charge is -2.39. The molecule has 0 radical (unpaired) electrons. The fraction of sp³-hybridized carbons (Fsp3) is 0.800. The Balaban J connectivity index is 2.13. The van der Waals surface area contributed by atoms with Crippen molar-refractivity contribution in [3.05, 3.63) is 0 Å². The minimum absolute atomic E-state index is 0.0746. The minimum Gasteiger partial charge on any atom is -0.339 e. The first kappa shape index (κ1) is 9.65. The Morgan fingerprint density at radius 1 is 1.57 bits per heavy atom. The minimum atomic E-state index is -0.399. The molecule has 1 amide bonds. The van der Waals surface area contributed by atoms with E-state index in [1.165, 1.54) is 0 Å². The predicted octanol–water partition coefficient (Wildman–Crippen LogP) is -0.0701. The number of nitrogens with zero attached hydrogens (tertiary/aromatic N) is 1. The van der Waals surface area contributed by atoms with Crippen LogP contribution in [0.1, 0.15) is 26.2 Å². The molecule has 0 bridgehead atoms. The van der Waals surface area contributed by atoms with Gasteiger partial charge < -0.3 is 10.2 Å². The zero-order valence-corrected chi connectivity index (χ0v) is 8.51. The molecule has 1 heterocycles. The van der Waals surface area contributed by atoms with E-state index < -0.39 is 5.54 Å². The summed E-state index contributed by atoms with van der Waals surface area (Å²) in [7, 11) is 0. The van der Waals surface area contributed by atoms with E-state index in [9.17, 15) is 9.59 Å². The Kier molecular flexibility index (Phi) is 2.31. The van der Waals surface area contributed by atoms with E-state index in [0.717, 1.165) is 25.9 Å². The monoisotopic (exact) mass is 196 g/mol. The van der Waals surface area contributed by atoms with E-state index in [0.29, 0.717) is 13.0 Å². The van der Waals surface area contributed by atoms with Crippen molar-refractivity contribution in [1.29, 1.82) is 0 Å². The summed E-state index contributed by atoms with van der Waals surface area (Å²) in [6.07, 6.45) is 2.51. The van der Waals surface area contributed by atoms with Gasteiger partial charge in [0.15, 0.2) is 5.78 Å². The lowest BCUT2D eigenvalue weighted by Crippen LogP contribution is -2.63. The highest BCUT2D eigenvalue weighted by Gasteiger charge is 2.45. The van der Waals surface area contributed by atoms with Crippen LogP contribution in [0.25, 0.3) is 0 Å². The van der Waals surface area contributed by atoms with E-state index in [1.54, 1.807) is 11.8 Å². The van der Waals surface area contributed by atoms with Crippen LogP contribution in [0.4, 0.5) is 0 Å². The second kappa shape index (κ2) is 3.35. The van der Waals surface area contributed by atoms with Crippen LogP contribution in [0.2, 0.25) is 0 Å². The molecule has 0 aromatic rings. The maximum atomic E-state index is 11.7. The number of carbonyl (C=O) groups is 2.